The van der Waals surface area contributed by atoms with Crippen LogP contribution in [0.2, 0.25) is 0 Å². The first-order valence-corrected chi connectivity index (χ1v) is 4.43. The van der Waals surface area contributed by atoms with Crippen molar-refractivity contribution in [3.05, 3.63) is 42.5 Å². The van der Waals surface area contributed by atoms with E-state index in [1.807, 2.05) is 36.4 Å². The molecule has 0 atom stereocenters. The number of carbonyl (C=O) groups excluding carboxylic acids is 1. The van der Waals surface area contributed by atoms with Crippen molar-refractivity contribution in [2.75, 3.05) is 0 Å². The molecule has 0 bridgehead atoms. The van der Waals surface area contributed by atoms with Crippen LogP contribution >= 0.6 is 0 Å². The van der Waals surface area contributed by atoms with Crippen LogP contribution < -0.4 is 4.74 Å². The molecular weight excluding hydrogens is 192 g/mol. The van der Waals surface area contributed by atoms with Gasteiger partial charge in [0.05, 0.1) is 0 Å². The summed E-state index contributed by atoms with van der Waals surface area (Å²) in [6, 6.07) is 13.5. The number of benzene rings is 2. The van der Waals surface area contributed by atoms with E-state index >= 15 is 0 Å². The van der Waals surface area contributed by atoms with Crippen LogP contribution in [0.5, 0.6) is 5.75 Å². The van der Waals surface area contributed by atoms with Crippen LogP contribution in [0.3, 0.4) is 0 Å². The zero-order valence-electron chi connectivity index (χ0n) is 8.36. The van der Waals surface area contributed by atoms with Crippen molar-refractivity contribution >= 4 is 16.7 Å². The normalized spacial score (nSPS) is 9.40. The molecule has 0 spiro atoms. The van der Waals surface area contributed by atoms with Crippen molar-refractivity contribution in [3.63, 3.8) is 0 Å². The van der Waals surface area contributed by atoms with Crippen molar-refractivity contribution in [2.45, 2.75) is 6.92 Å². The number of ether oxygens (including phenoxy) is 1. The predicted octanol–water partition coefficient (Wildman–Crippen LogP) is 1.94. The molecule has 2 rings (SSSR count). The van der Waals surface area contributed by atoms with Gasteiger partial charge in [-0.3, -0.25) is 4.79 Å². The summed E-state index contributed by atoms with van der Waals surface area (Å²) >= 11 is 0. The molecule has 15 heavy (non-hydrogen) atoms. The molecule has 2 aromatic carbocycles. The van der Waals surface area contributed by atoms with Crippen LogP contribution in [0.4, 0.5) is 0 Å². The van der Waals surface area contributed by atoms with Crippen LogP contribution in [0.15, 0.2) is 42.5 Å². The second-order valence-electron chi connectivity index (χ2n) is 3.10. The Kier molecular flexibility index (Phi) is 3.42. The molecule has 0 fully saturated rings. The molecule has 78 valence electrons. The van der Waals surface area contributed by atoms with E-state index in [1.54, 1.807) is 6.07 Å². The maximum absolute atomic E-state index is 10.7. The van der Waals surface area contributed by atoms with Crippen molar-refractivity contribution in [2.24, 2.45) is 0 Å². The number of rotatable bonds is 1. The summed E-state index contributed by atoms with van der Waals surface area (Å²) in [6.07, 6.45) is 0. The zero-order chi connectivity index (χ0) is 9.97. The van der Waals surface area contributed by atoms with Gasteiger partial charge in [0.15, 0.2) is 0 Å². The van der Waals surface area contributed by atoms with E-state index < -0.39 is 0 Å². The Bertz CT molecular complexity index is 477. The molecular formula is C12H12O3. The molecule has 0 aliphatic rings. The molecule has 3 nitrogen and oxygen atoms in total. The van der Waals surface area contributed by atoms with E-state index in [0.29, 0.717) is 5.75 Å². The van der Waals surface area contributed by atoms with E-state index in [2.05, 4.69) is 0 Å². The van der Waals surface area contributed by atoms with Gasteiger partial charge in [-0.05, 0) is 22.9 Å². The maximum Gasteiger partial charge on any atom is 0.308 e. The van der Waals surface area contributed by atoms with Crippen molar-refractivity contribution in [3.8, 4) is 5.75 Å². The highest BCUT2D eigenvalue weighted by atomic mass is 16.5. The minimum absolute atomic E-state index is 0. The number of esters is 1. The fourth-order valence-corrected chi connectivity index (χ4v) is 1.40. The first kappa shape index (κ1) is 11.2. The van der Waals surface area contributed by atoms with Crippen LogP contribution in [0.25, 0.3) is 10.8 Å². The van der Waals surface area contributed by atoms with Crippen molar-refractivity contribution < 1.29 is 15.0 Å². The molecule has 2 N–H and O–H groups in total. The second-order valence-corrected chi connectivity index (χ2v) is 3.10. The first-order chi connectivity index (χ1) is 6.75. The van der Waals surface area contributed by atoms with Gasteiger partial charge in [-0.15, -0.1) is 0 Å². The van der Waals surface area contributed by atoms with Gasteiger partial charge < -0.3 is 10.2 Å². The lowest BCUT2D eigenvalue weighted by Crippen LogP contribution is -2.00. The van der Waals surface area contributed by atoms with Crippen LogP contribution in [0.1, 0.15) is 6.92 Å². The molecule has 0 aliphatic carbocycles. The lowest BCUT2D eigenvalue weighted by molar-refractivity contribution is -0.131. The predicted molar refractivity (Wildman–Crippen MR) is 58.9 cm³/mol. The molecule has 0 radical (unpaired) electrons. The average Bonchev–Trinajstić information content (AvgIpc) is 2.17. The lowest BCUT2D eigenvalue weighted by Gasteiger charge is -2.02. The Morgan fingerprint density at radius 1 is 1.07 bits per heavy atom. The highest BCUT2D eigenvalue weighted by Crippen LogP contribution is 2.20. The Hall–Kier alpha value is -1.87. The van der Waals surface area contributed by atoms with Crippen molar-refractivity contribution in [1.82, 2.24) is 0 Å². The zero-order valence-corrected chi connectivity index (χ0v) is 8.36. The van der Waals surface area contributed by atoms with Gasteiger partial charge in [0.2, 0.25) is 0 Å². The molecule has 0 amide bonds. The van der Waals surface area contributed by atoms with E-state index in [4.69, 9.17) is 4.74 Å². The molecule has 0 saturated carbocycles. The molecule has 0 heterocycles. The van der Waals surface area contributed by atoms with Crippen LogP contribution in [-0.2, 0) is 4.79 Å². The number of carbonyl (C=O) groups is 1. The molecule has 0 aliphatic heterocycles. The number of fused-ring (bicyclic) bond motifs is 1. The minimum Gasteiger partial charge on any atom is -0.427 e. The van der Waals surface area contributed by atoms with Crippen LogP contribution in [0, 0.1) is 0 Å². The van der Waals surface area contributed by atoms with E-state index in [1.165, 1.54) is 6.92 Å². The quantitative estimate of drug-likeness (QED) is 0.526. The summed E-state index contributed by atoms with van der Waals surface area (Å²) in [5.74, 6) is 0.302. The molecule has 0 aromatic heterocycles. The molecule has 3 heteroatoms. The van der Waals surface area contributed by atoms with Gasteiger partial charge in [0.1, 0.15) is 5.75 Å². The largest absolute Gasteiger partial charge is 0.427 e. The van der Waals surface area contributed by atoms with E-state index in [0.717, 1.165) is 10.8 Å². The summed E-state index contributed by atoms with van der Waals surface area (Å²) in [5.41, 5.74) is 0. The van der Waals surface area contributed by atoms with Gasteiger partial charge in [-0.25, -0.2) is 0 Å². The first-order valence-electron chi connectivity index (χ1n) is 4.43. The smallest absolute Gasteiger partial charge is 0.308 e. The summed E-state index contributed by atoms with van der Waals surface area (Å²) in [6.45, 7) is 1.40. The summed E-state index contributed by atoms with van der Waals surface area (Å²) in [7, 11) is 0. The second kappa shape index (κ2) is 4.57. The monoisotopic (exact) mass is 204 g/mol. The highest BCUT2D eigenvalue weighted by Gasteiger charge is 1.98. The molecule has 2 aromatic rings. The Morgan fingerprint density at radius 3 is 2.40 bits per heavy atom. The lowest BCUT2D eigenvalue weighted by atomic mass is 10.1. The van der Waals surface area contributed by atoms with Gasteiger partial charge in [-0.1, -0.05) is 30.3 Å². The summed E-state index contributed by atoms with van der Waals surface area (Å²) < 4.78 is 4.98. The Morgan fingerprint density at radius 2 is 1.73 bits per heavy atom. The fraction of sp³-hybridized carbons (Fsp3) is 0.0833. The molecule has 0 unspecified atom stereocenters. The molecule has 0 saturated heterocycles. The average molecular weight is 204 g/mol. The third kappa shape index (κ3) is 2.54. The van der Waals surface area contributed by atoms with Crippen molar-refractivity contribution in [1.29, 1.82) is 0 Å². The van der Waals surface area contributed by atoms with Gasteiger partial charge in [0.25, 0.3) is 0 Å². The summed E-state index contributed by atoms with van der Waals surface area (Å²) in [5, 5.41) is 2.22. The highest BCUT2D eigenvalue weighted by molar-refractivity contribution is 5.84. The summed E-state index contributed by atoms with van der Waals surface area (Å²) in [4.78, 5) is 10.7. The van der Waals surface area contributed by atoms with E-state index in [9.17, 15) is 4.79 Å². The number of hydrogen-bond acceptors (Lipinski definition) is 2. The van der Waals surface area contributed by atoms with Gasteiger partial charge in [-0.2, -0.15) is 0 Å². The Balaban J connectivity index is 0.00000112. The SMILES string of the molecule is CC(=O)Oc1ccc2ccccc2c1.O. The number of hydrogen-bond donors (Lipinski definition) is 0. The Labute approximate surface area is 87.6 Å². The minimum atomic E-state index is -0.291. The topological polar surface area (TPSA) is 57.8 Å². The van der Waals surface area contributed by atoms with Crippen LogP contribution in [-0.4, -0.2) is 11.4 Å². The van der Waals surface area contributed by atoms with E-state index in [-0.39, 0.29) is 11.4 Å². The fourth-order valence-electron chi connectivity index (χ4n) is 1.40. The van der Waals surface area contributed by atoms with Gasteiger partial charge >= 0.3 is 5.97 Å². The van der Waals surface area contributed by atoms with Gasteiger partial charge in [0, 0.05) is 6.92 Å². The maximum atomic E-state index is 10.7. The standard InChI is InChI=1S/C12H10O2.H2O/c1-9(13)14-12-7-6-10-4-2-3-5-11(10)8-12;/h2-8H,1H3;1H2. The third-order valence-electron chi connectivity index (χ3n) is 1.98. The third-order valence-corrected chi connectivity index (χ3v) is 1.98.